The second-order valence-corrected chi connectivity index (χ2v) is 3.46. The second kappa shape index (κ2) is 5.25. The minimum atomic E-state index is -0.203. The molecule has 0 bridgehead atoms. The maximum absolute atomic E-state index is 11.3. The molecule has 0 saturated carbocycles. The fourth-order valence-corrected chi connectivity index (χ4v) is 1.87. The van der Waals surface area contributed by atoms with E-state index in [0.29, 0.717) is 11.8 Å². The van der Waals surface area contributed by atoms with Crippen LogP contribution < -0.4 is 0 Å². The average molecular weight is 246 g/mol. The van der Waals surface area contributed by atoms with E-state index in [-0.39, 0.29) is 18.7 Å². The van der Waals surface area contributed by atoms with Crippen LogP contribution in [0.1, 0.15) is 12.8 Å². The molecule has 0 aromatic heterocycles. The minimum Gasteiger partial charge on any atom is -0.345 e. The van der Waals surface area contributed by atoms with E-state index in [2.05, 4.69) is 21.9 Å². The maximum atomic E-state index is 11.3. The van der Waals surface area contributed by atoms with Crippen LogP contribution in [0.3, 0.4) is 0 Å². The number of nitrogens with zero attached hydrogens (tertiary/aromatic N) is 1. The van der Waals surface area contributed by atoms with E-state index < -0.39 is 0 Å². The summed E-state index contributed by atoms with van der Waals surface area (Å²) >= 11 is 3.30. The molecule has 1 rings (SSSR count). The lowest BCUT2D eigenvalue weighted by Crippen LogP contribution is -2.39. The highest BCUT2D eigenvalue weighted by atomic mass is 79.9. The van der Waals surface area contributed by atoms with Crippen LogP contribution in [-0.4, -0.2) is 35.5 Å². The molecule has 72 valence electrons. The fraction of sp³-hybridized carbons (Fsp3) is 0.667. The minimum absolute atomic E-state index is 0.154. The molecule has 0 radical (unpaired) electrons. The smallest absolute Gasteiger partial charge is 0.224 e. The molecule has 0 N–H and O–H groups in total. The number of carbonyl (C=O) groups excluding carboxylic acids is 1. The molecule has 1 atom stereocenters. The standard InChI is InChI=1S/C9H12BrNO2/c1-2-6-13-9(7-10)11-5-3-4-8(11)12/h1,9H,3-7H2. The fourth-order valence-electron chi connectivity index (χ4n) is 1.34. The first-order chi connectivity index (χ1) is 6.29. The van der Waals surface area contributed by atoms with Crippen LogP contribution in [0, 0.1) is 12.3 Å². The summed E-state index contributed by atoms with van der Waals surface area (Å²) in [6.07, 6.45) is 6.41. The molecule has 1 heterocycles. The van der Waals surface area contributed by atoms with Crippen molar-refractivity contribution in [1.82, 2.24) is 4.90 Å². The largest absolute Gasteiger partial charge is 0.345 e. The van der Waals surface area contributed by atoms with Crippen molar-refractivity contribution in [3.63, 3.8) is 0 Å². The lowest BCUT2D eigenvalue weighted by atomic mass is 10.4. The Kier molecular flexibility index (Phi) is 4.26. The Morgan fingerprint density at radius 3 is 3.00 bits per heavy atom. The summed E-state index contributed by atoms with van der Waals surface area (Å²) in [6, 6.07) is 0. The molecule has 1 aliphatic heterocycles. The Hall–Kier alpha value is -0.530. The zero-order valence-corrected chi connectivity index (χ0v) is 8.92. The number of alkyl halides is 1. The number of halogens is 1. The number of ether oxygens (including phenoxy) is 1. The van der Waals surface area contributed by atoms with Crippen molar-refractivity contribution in [3.05, 3.63) is 0 Å². The van der Waals surface area contributed by atoms with Gasteiger partial charge in [0.05, 0.1) is 0 Å². The quantitative estimate of drug-likeness (QED) is 0.546. The van der Waals surface area contributed by atoms with E-state index in [1.165, 1.54) is 0 Å². The van der Waals surface area contributed by atoms with Gasteiger partial charge >= 0.3 is 0 Å². The predicted molar refractivity (Wildman–Crippen MR) is 53.3 cm³/mol. The van der Waals surface area contributed by atoms with Gasteiger partial charge in [-0.3, -0.25) is 4.79 Å². The van der Waals surface area contributed by atoms with Crippen molar-refractivity contribution in [1.29, 1.82) is 0 Å². The Bertz CT molecular complexity index is 224. The van der Waals surface area contributed by atoms with E-state index in [1.807, 2.05) is 0 Å². The number of rotatable bonds is 4. The van der Waals surface area contributed by atoms with Gasteiger partial charge in [0.25, 0.3) is 0 Å². The Balaban J connectivity index is 2.45. The number of amides is 1. The van der Waals surface area contributed by atoms with Gasteiger partial charge in [-0.2, -0.15) is 0 Å². The highest BCUT2D eigenvalue weighted by Crippen LogP contribution is 2.15. The van der Waals surface area contributed by atoms with Crippen LogP contribution in [0.15, 0.2) is 0 Å². The first-order valence-electron chi connectivity index (χ1n) is 4.20. The first kappa shape index (κ1) is 10.6. The van der Waals surface area contributed by atoms with E-state index in [0.717, 1.165) is 13.0 Å². The summed E-state index contributed by atoms with van der Waals surface area (Å²) in [5, 5.41) is 0.612. The molecule has 3 nitrogen and oxygen atoms in total. The zero-order valence-electron chi connectivity index (χ0n) is 7.33. The molecule has 0 spiro atoms. The van der Waals surface area contributed by atoms with E-state index in [1.54, 1.807) is 4.90 Å². The molecular formula is C9H12BrNO2. The third kappa shape index (κ3) is 2.71. The molecule has 1 saturated heterocycles. The summed E-state index contributed by atoms with van der Waals surface area (Å²) in [5.41, 5.74) is 0. The summed E-state index contributed by atoms with van der Waals surface area (Å²) in [7, 11) is 0. The second-order valence-electron chi connectivity index (χ2n) is 2.81. The number of hydrogen-bond acceptors (Lipinski definition) is 2. The first-order valence-corrected chi connectivity index (χ1v) is 5.32. The van der Waals surface area contributed by atoms with Crippen molar-refractivity contribution in [3.8, 4) is 12.3 Å². The molecule has 1 aliphatic rings. The van der Waals surface area contributed by atoms with Crippen LogP contribution in [0.5, 0.6) is 0 Å². The zero-order chi connectivity index (χ0) is 9.68. The summed E-state index contributed by atoms with van der Waals surface area (Å²) in [5.74, 6) is 2.54. The molecular weight excluding hydrogens is 234 g/mol. The van der Waals surface area contributed by atoms with Gasteiger partial charge in [-0.15, -0.1) is 6.42 Å². The number of hydrogen-bond donors (Lipinski definition) is 0. The van der Waals surface area contributed by atoms with Crippen LogP contribution in [0.25, 0.3) is 0 Å². The number of carbonyl (C=O) groups is 1. The van der Waals surface area contributed by atoms with Crippen LogP contribution in [-0.2, 0) is 9.53 Å². The van der Waals surface area contributed by atoms with Gasteiger partial charge in [-0.05, 0) is 6.42 Å². The van der Waals surface area contributed by atoms with Crippen molar-refractivity contribution in [2.45, 2.75) is 19.1 Å². The molecule has 4 heteroatoms. The molecule has 0 aliphatic carbocycles. The Labute approximate surface area is 86.6 Å². The molecule has 1 fully saturated rings. The van der Waals surface area contributed by atoms with E-state index in [9.17, 15) is 4.79 Å². The molecule has 13 heavy (non-hydrogen) atoms. The number of likely N-dealkylation sites (tertiary alicyclic amines) is 1. The lowest BCUT2D eigenvalue weighted by Gasteiger charge is -2.25. The summed E-state index contributed by atoms with van der Waals surface area (Å²) < 4.78 is 5.32. The van der Waals surface area contributed by atoms with Gasteiger partial charge in [0.15, 0.2) is 0 Å². The highest BCUT2D eigenvalue weighted by Gasteiger charge is 2.27. The predicted octanol–water partition coefficient (Wildman–Crippen LogP) is 0.980. The van der Waals surface area contributed by atoms with E-state index in [4.69, 9.17) is 11.2 Å². The number of terminal acetylenes is 1. The Morgan fingerprint density at radius 2 is 2.54 bits per heavy atom. The highest BCUT2D eigenvalue weighted by molar-refractivity contribution is 9.09. The SMILES string of the molecule is C#CCOC(CBr)N1CCCC1=O. The van der Waals surface area contributed by atoms with Gasteiger partial charge in [-0.1, -0.05) is 21.9 Å². The van der Waals surface area contributed by atoms with Gasteiger partial charge in [0.2, 0.25) is 5.91 Å². The summed E-state index contributed by atoms with van der Waals surface area (Å²) in [4.78, 5) is 13.0. The van der Waals surface area contributed by atoms with Crippen molar-refractivity contribution < 1.29 is 9.53 Å². The monoisotopic (exact) mass is 245 g/mol. The van der Waals surface area contributed by atoms with Gasteiger partial charge in [0.1, 0.15) is 12.8 Å². The third-order valence-corrected chi connectivity index (χ3v) is 2.50. The van der Waals surface area contributed by atoms with Crippen molar-refractivity contribution >= 4 is 21.8 Å². The van der Waals surface area contributed by atoms with Gasteiger partial charge in [-0.25, -0.2) is 0 Å². The van der Waals surface area contributed by atoms with Crippen molar-refractivity contribution in [2.24, 2.45) is 0 Å². The van der Waals surface area contributed by atoms with Gasteiger partial charge < -0.3 is 9.64 Å². The van der Waals surface area contributed by atoms with E-state index >= 15 is 0 Å². The third-order valence-electron chi connectivity index (χ3n) is 1.95. The lowest BCUT2D eigenvalue weighted by molar-refractivity contribution is -0.137. The van der Waals surface area contributed by atoms with Gasteiger partial charge in [0, 0.05) is 18.3 Å². The molecule has 1 unspecified atom stereocenters. The van der Waals surface area contributed by atoms with Crippen LogP contribution in [0.2, 0.25) is 0 Å². The molecule has 0 aromatic rings. The molecule has 0 aromatic carbocycles. The van der Waals surface area contributed by atoms with Crippen LogP contribution >= 0.6 is 15.9 Å². The van der Waals surface area contributed by atoms with Crippen molar-refractivity contribution in [2.75, 3.05) is 18.5 Å². The Morgan fingerprint density at radius 1 is 1.77 bits per heavy atom. The molecule has 1 amide bonds. The maximum Gasteiger partial charge on any atom is 0.224 e. The summed E-state index contributed by atoms with van der Waals surface area (Å²) in [6.45, 7) is 1.03. The van der Waals surface area contributed by atoms with Crippen LogP contribution in [0.4, 0.5) is 0 Å². The normalized spacial score (nSPS) is 18.8. The topological polar surface area (TPSA) is 29.5 Å². The average Bonchev–Trinajstić information content (AvgIpc) is 2.54.